The van der Waals surface area contributed by atoms with Gasteiger partial charge in [-0.2, -0.15) is 0 Å². The van der Waals surface area contributed by atoms with Gasteiger partial charge >= 0.3 is 0 Å². The van der Waals surface area contributed by atoms with E-state index in [4.69, 9.17) is 11.6 Å². The van der Waals surface area contributed by atoms with Crippen molar-refractivity contribution >= 4 is 23.3 Å². The Morgan fingerprint density at radius 2 is 1.77 bits per heavy atom. The molecule has 3 nitrogen and oxygen atoms in total. The van der Waals surface area contributed by atoms with E-state index in [0.717, 1.165) is 5.56 Å². The van der Waals surface area contributed by atoms with Crippen LogP contribution in [0.2, 0.25) is 5.02 Å². The van der Waals surface area contributed by atoms with E-state index in [-0.39, 0.29) is 0 Å². The number of amidine groups is 2. The fraction of sp³-hybridized carbons (Fsp3) is 0.111. The van der Waals surface area contributed by atoms with Crippen LogP contribution < -0.4 is 5.32 Å². The van der Waals surface area contributed by atoms with Crippen molar-refractivity contribution in [2.75, 3.05) is 0 Å². The van der Waals surface area contributed by atoms with Gasteiger partial charge in [-0.3, -0.25) is 0 Å². The highest BCUT2D eigenvalue weighted by Gasteiger charge is 2.11. The molecule has 1 aromatic rings. The Morgan fingerprint density at radius 1 is 1.08 bits per heavy atom. The summed E-state index contributed by atoms with van der Waals surface area (Å²) in [6.07, 6.45) is 0. The van der Waals surface area contributed by atoms with Crippen LogP contribution in [0.4, 0.5) is 0 Å². The molecule has 0 aliphatic carbocycles. The SMILES string of the molecule is CC1=NN=C(c2ccc(Cl)cc2)[N]1. The number of halogens is 1. The molecule has 1 heterocycles. The first-order valence-electron chi connectivity index (χ1n) is 3.85. The van der Waals surface area contributed by atoms with E-state index in [0.29, 0.717) is 16.7 Å². The van der Waals surface area contributed by atoms with Gasteiger partial charge in [0.05, 0.1) is 0 Å². The summed E-state index contributed by atoms with van der Waals surface area (Å²) in [6.45, 7) is 1.81. The highest BCUT2D eigenvalue weighted by molar-refractivity contribution is 6.30. The summed E-state index contributed by atoms with van der Waals surface area (Å²) in [5.74, 6) is 1.33. The zero-order chi connectivity index (χ0) is 9.26. The Balaban J connectivity index is 2.24. The summed E-state index contributed by atoms with van der Waals surface area (Å²) in [5, 5.41) is 12.6. The van der Waals surface area contributed by atoms with Crippen molar-refractivity contribution in [2.24, 2.45) is 10.2 Å². The van der Waals surface area contributed by atoms with E-state index < -0.39 is 0 Å². The van der Waals surface area contributed by atoms with Crippen LogP contribution in [0, 0.1) is 0 Å². The summed E-state index contributed by atoms with van der Waals surface area (Å²) in [6, 6.07) is 7.36. The lowest BCUT2D eigenvalue weighted by Gasteiger charge is -1.98. The molecule has 1 aliphatic heterocycles. The molecule has 0 amide bonds. The molecule has 1 radical (unpaired) electrons. The Morgan fingerprint density at radius 3 is 2.31 bits per heavy atom. The molecule has 0 spiro atoms. The maximum Gasteiger partial charge on any atom is 0.183 e. The van der Waals surface area contributed by atoms with Crippen LogP contribution in [0.1, 0.15) is 12.5 Å². The van der Waals surface area contributed by atoms with Crippen LogP contribution in [0.25, 0.3) is 0 Å². The molecule has 1 aliphatic rings. The quantitative estimate of drug-likeness (QED) is 0.653. The summed E-state index contributed by atoms with van der Waals surface area (Å²) < 4.78 is 0. The molecule has 4 heteroatoms. The zero-order valence-electron chi connectivity index (χ0n) is 7.03. The summed E-state index contributed by atoms with van der Waals surface area (Å²) in [7, 11) is 0. The molecule has 1 aromatic carbocycles. The van der Waals surface area contributed by atoms with Gasteiger partial charge in [-0.15, -0.1) is 10.2 Å². The van der Waals surface area contributed by atoms with E-state index in [1.54, 1.807) is 0 Å². The smallest absolute Gasteiger partial charge is 0.183 e. The van der Waals surface area contributed by atoms with Gasteiger partial charge in [0.1, 0.15) is 5.84 Å². The first kappa shape index (κ1) is 8.26. The third kappa shape index (κ3) is 1.70. The van der Waals surface area contributed by atoms with Crippen LogP contribution in [-0.4, -0.2) is 11.7 Å². The average molecular weight is 193 g/mol. The molecule has 0 unspecified atom stereocenters. The van der Waals surface area contributed by atoms with Crippen molar-refractivity contribution in [3.63, 3.8) is 0 Å². The fourth-order valence-electron chi connectivity index (χ4n) is 1.04. The minimum absolute atomic E-state index is 0.647. The van der Waals surface area contributed by atoms with Crippen molar-refractivity contribution in [1.82, 2.24) is 5.32 Å². The third-order valence-corrected chi connectivity index (χ3v) is 1.91. The van der Waals surface area contributed by atoms with Crippen LogP contribution in [0.3, 0.4) is 0 Å². The van der Waals surface area contributed by atoms with E-state index >= 15 is 0 Å². The predicted molar refractivity (Wildman–Crippen MR) is 53.2 cm³/mol. The minimum atomic E-state index is 0.647. The Hall–Kier alpha value is -1.35. The second-order valence-electron chi connectivity index (χ2n) is 2.69. The molecule has 0 fully saturated rings. The van der Waals surface area contributed by atoms with Crippen molar-refractivity contribution < 1.29 is 0 Å². The van der Waals surface area contributed by atoms with E-state index in [9.17, 15) is 0 Å². The average Bonchev–Trinajstić information content (AvgIpc) is 2.53. The lowest BCUT2D eigenvalue weighted by atomic mass is 10.2. The van der Waals surface area contributed by atoms with Gasteiger partial charge in [-0.05, 0) is 31.2 Å². The van der Waals surface area contributed by atoms with Crippen molar-refractivity contribution in [3.8, 4) is 0 Å². The number of benzene rings is 1. The highest BCUT2D eigenvalue weighted by atomic mass is 35.5. The second kappa shape index (κ2) is 3.18. The monoisotopic (exact) mass is 192 g/mol. The van der Waals surface area contributed by atoms with Crippen molar-refractivity contribution in [3.05, 3.63) is 34.9 Å². The molecule has 2 rings (SSSR count). The Labute approximate surface area is 81.1 Å². The molecule has 0 aromatic heterocycles. The van der Waals surface area contributed by atoms with Crippen molar-refractivity contribution in [2.45, 2.75) is 6.92 Å². The molecule has 0 atom stereocenters. The third-order valence-electron chi connectivity index (χ3n) is 1.66. The van der Waals surface area contributed by atoms with E-state index in [1.165, 1.54) is 0 Å². The maximum atomic E-state index is 5.75. The number of nitrogens with zero attached hydrogens (tertiary/aromatic N) is 3. The number of rotatable bonds is 1. The molecule has 65 valence electrons. The van der Waals surface area contributed by atoms with Gasteiger partial charge in [-0.1, -0.05) is 11.6 Å². The fourth-order valence-corrected chi connectivity index (χ4v) is 1.16. The van der Waals surface area contributed by atoms with Gasteiger partial charge in [0, 0.05) is 10.6 Å². The van der Waals surface area contributed by atoms with Crippen LogP contribution in [-0.2, 0) is 0 Å². The molecular formula is C9H7ClN3. The van der Waals surface area contributed by atoms with Gasteiger partial charge in [-0.25, -0.2) is 5.32 Å². The molecule has 0 saturated heterocycles. The molecule has 0 N–H and O–H groups in total. The molecular weight excluding hydrogens is 186 g/mol. The topological polar surface area (TPSA) is 38.8 Å². The van der Waals surface area contributed by atoms with E-state index in [1.807, 2.05) is 31.2 Å². The van der Waals surface area contributed by atoms with Crippen molar-refractivity contribution in [1.29, 1.82) is 0 Å². The summed E-state index contributed by atoms with van der Waals surface area (Å²) in [4.78, 5) is 0. The minimum Gasteiger partial charge on any atom is -0.210 e. The van der Waals surface area contributed by atoms with Gasteiger partial charge < -0.3 is 0 Å². The summed E-state index contributed by atoms with van der Waals surface area (Å²) >= 11 is 5.75. The lowest BCUT2D eigenvalue weighted by Crippen LogP contribution is -2.16. The Kier molecular flexibility index (Phi) is 2.02. The van der Waals surface area contributed by atoms with E-state index in [2.05, 4.69) is 15.5 Å². The molecule has 0 saturated carbocycles. The first-order valence-corrected chi connectivity index (χ1v) is 4.23. The standard InChI is InChI=1S/C9H7ClN3/c1-6-11-9(13-12-6)7-2-4-8(10)5-3-7/h2-5H,1H3. The van der Waals surface area contributed by atoms with Crippen LogP contribution in [0.5, 0.6) is 0 Å². The number of hydrogen-bond acceptors (Lipinski definition) is 2. The van der Waals surface area contributed by atoms with Crippen LogP contribution in [0.15, 0.2) is 34.5 Å². The van der Waals surface area contributed by atoms with Crippen LogP contribution >= 0.6 is 11.6 Å². The normalized spacial score (nSPS) is 14.9. The predicted octanol–water partition coefficient (Wildman–Crippen LogP) is 2.04. The highest BCUT2D eigenvalue weighted by Crippen LogP contribution is 2.11. The Bertz CT molecular complexity index is 378. The van der Waals surface area contributed by atoms with Gasteiger partial charge in [0.15, 0.2) is 5.84 Å². The first-order chi connectivity index (χ1) is 6.25. The second-order valence-corrected chi connectivity index (χ2v) is 3.13. The number of hydrogen-bond donors (Lipinski definition) is 0. The van der Waals surface area contributed by atoms with Gasteiger partial charge in [0.25, 0.3) is 0 Å². The molecule has 0 bridgehead atoms. The zero-order valence-corrected chi connectivity index (χ0v) is 7.78. The van der Waals surface area contributed by atoms with Gasteiger partial charge in [0.2, 0.25) is 0 Å². The molecule has 13 heavy (non-hydrogen) atoms. The largest absolute Gasteiger partial charge is 0.210 e. The lowest BCUT2D eigenvalue weighted by molar-refractivity contribution is 1.26. The summed E-state index contributed by atoms with van der Waals surface area (Å²) in [5.41, 5.74) is 0.935. The maximum absolute atomic E-state index is 5.75.